The van der Waals surface area contributed by atoms with Crippen molar-refractivity contribution in [3.05, 3.63) is 38.3 Å². The van der Waals surface area contributed by atoms with E-state index in [0.29, 0.717) is 10.9 Å². The van der Waals surface area contributed by atoms with E-state index in [4.69, 9.17) is 0 Å². The zero-order valence-electron chi connectivity index (χ0n) is 13.2. The number of rotatable bonds is 7. The van der Waals surface area contributed by atoms with E-state index in [9.17, 15) is 19.7 Å². The molecule has 0 aliphatic rings. The van der Waals surface area contributed by atoms with Gasteiger partial charge in [-0.2, -0.15) is 0 Å². The molecule has 0 saturated heterocycles. The van der Waals surface area contributed by atoms with E-state index in [1.54, 1.807) is 6.07 Å². The Morgan fingerprint density at radius 2 is 2.04 bits per heavy atom. The topological polar surface area (TPSA) is 98.5 Å². The Morgan fingerprint density at radius 3 is 2.57 bits per heavy atom. The van der Waals surface area contributed by atoms with Gasteiger partial charge in [0.25, 0.3) is 5.69 Å². The normalized spacial score (nSPS) is 11.9. The molecule has 126 valence electrons. The summed E-state index contributed by atoms with van der Waals surface area (Å²) in [6.07, 6.45) is 0.246. The van der Waals surface area contributed by atoms with Crippen LogP contribution in [-0.2, 0) is 20.7 Å². The molecule has 1 aromatic rings. The first kappa shape index (κ1) is 19.1. The maximum atomic E-state index is 12.1. The molecule has 7 nitrogen and oxygen atoms in total. The molecule has 0 heterocycles. The monoisotopic (exact) mass is 386 g/mol. The molecule has 1 N–H and O–H groups in total. The third-order valence-corrected chi connectivity index (χ3v) is 3.62. The van der Waals surface area contributed by atoms with Gasteiger partial charge in [0.05, 0.1) is 18.5 Å². The number of nitrogens with zero attached hydrogens (tertiary/aromatic N) is 1. The minimum Gasteiger partial charge on any atom is -0.467 e. The van der Waals surface area contributed by atoms with Gasteiger partial charge in [0, 0.05) is 16.1 Å². The predicted molar refractivity (Wildman–Crippen MR) is 87.9 cm³/mol. The molecule has 0 aliphatic carbocycles. The highest BCUT2D eigenvalue weighted by molar-refractivity contribution is 9.10. The number of hydrogen-bond acceptors (Lipinski definition) is 5. The van der Waals surface area contributed by atoms with Crippen LogP contribution in [0.5, 0.6) is 0 Å². The van der Waals surface area contributed by atoms with E-state index in [1.807, 2.05) is 13.8 Å². The fourth-order valence-corrected chi connectivity index (χ4v) is 2.45. The first-order valence-corrected chi connectivity index (χ1v) is 7.84. The summed E-state index contributed by atoms with van der Waals surface area (Å²) in [5, 5.41) is 13.6. The van der Waals surface area contributed by atoms with Crippen LogP contribution in [0.3, 0.4) is 0 Å². The molecule has 0 unspecified atom stereocenters. The lowest BCUT2D eigenvalue weighted by atomic mass is 10.0. The van der Waals surface area contributed by atoms with E-state index in [-0.39, 0.29) is 23.6 Å². The number of nitrogens with one attached hydrogen (secondary N) is 1. The standard InChI is InChI=1S/C15H19BrN2O5/c1-9(2)6-12(15(20)23-3)17-14(19)7-10-4-5-11(16)8-13(10)18(21)22/h4-5,8-9,12H,6-7H2,1-3H3,(H,17,19)/t12-/m0/s1. The van der Waals surface area contributed by atoms with Crippen molar-refractivity contribution in [3.63, 3.8) is 0 Å². The second kappa shape index (κ2) is 8.61. The Morgan fingerprint density at radius 1 is 1.39 bits per heavy atom. The van der Waals surface area contributed by atoms with E-state index in [0.717, 1.165) is 0 Å². The number of carbonyl (C=O) groups is 2. The van der Waals surface area contributed by atoms with Gasteiger partial charge in [0.15, 0.2) is 0 Å². The summed E-state index contributed by atoms with van der Waals surface area (Å²) in [5.41, 5.74) is 0.136. The predicted octanol–water partition coefficient (Wildman–Crippen LogP) is 2.60. The summed E-state index contributed by atoms with van der Waals surface area (Å²) in [6.45, 7) is 3.84. The summed E-state index contributed by atoms with van der Waals surface area (Å²) in [5.74, 6) is -0.815. The Labute approximate surface area is 142 Å². The average Bonchev–Trinajstić information content (AvgIpc) is 2.46. The molecule has 0 bridgehead atoms. The Kier molecular flexibility index (Phi) is 7.15. The van der Waals surface area contributed by atoms with Crippen molar-refractivity contribution in [2.45, 2.75) is 32.7 Å². The summed E-state index contributed by atoms with van der Waals surface area (Å²) < 4.78 is 5.23. The number of benzene rings is 1. The summed E-state index contributed by atoms with van der Waals surface area (Å²) in [4.78, 5) is 34.3. The van der Waals surface area contributed by atoms with Crippen molar-refractivity contribution >= 4 is 33.5 Å². The maximum absolute atomic E-state index is 12.1. The highest BCUT2D eigenvalue weighted by atomic mass is 79.9. The van der Waals surface area contributed by atoms with Crippen LogP contribution in [0.15, 0.2) is 22.7 Å². The number of halogens is 1. The highest BCUT2D eigenvalue weighted by Crippen LogP contribution is 2.24. The van der Waals surface area contributed by atoms with Gasteiger partial charge >= 0.3 is 5.97 Å². The van der Waals surface area contributed by atoms with Crippen LogP contribution in [0.4, 0.5) is 5.69 Å². The molecule has 8 heteroatoms. The summed E-state index contributed by atoms with van der Waals surface area (Å²) in [6, 6.07) is 3.72. The van der Waals surface area contributed by atoms with E-state index < -0.39 is 22.8 Å². The van der Waals surface area contributed by atoms with E-state index in [1.165, 1.54) is 19.2 Å². The zero-order chi connectivity index (χ0) is 17.6. The number of hydrogen-bond donors (Lipinski definition) is 1. The molecule has 0 aliphatic heterocycles. The quantitative estimate of drug-likeness (QED) is 0.441. The number of methoxy groups -OCH3 is 1. The largest absolute Gasteiger partial charge is 0.467 e. The summed E-state index contributed by atoms with van der Waals surface area (Å²) >= 11 is 3.16. The van der Waals surface area contributed by atoms with Crippen LogP contribution in [0.25, 0.3) is 0 Å². The highest BCUT2D eigenvalue weighted by Gasteiger charge is 2.24. The molecule has 0 radical (unpaired) electrons. The molecule has 1 aromatic carbocycles. The van der Waals surface area contributed by atoms with Crippen LogP contribution in [-0.4, -0.2) is 30.0 Å². The molecule has 0 spiro atoms. The van der Waals surface area contributed by atoms with Crippen molar-refractivity contribution in [3.8, 4) is 0 Å². The smallest absolute Gasteiger partial charge is 0.328 e. The number of ether oxygens (including phenoxy) is 1. The van der Waals surface area contributed by atoms with Gasteiger partial charge in [-0.25, -0.2) is 4.79 Å². The first-order chi connectivity index (χ1) is 10.7. The maximum Gasteiger partial charge on any atom is 0.328 e. The Balaban J connectivity index is 2.86. The van der Waals surface area contributed by atoms with Gasteiger partial charge in [0.1, 0.15) is 6.04 Å². The molecule has 0 aromatic heterocycles. The van der Waals surface area contributed by atoms with Gasteiger partial charge in [-0.1, -0.05) is 35.8 Å². The van der Waals surface area contributed by atoms with Gasteiger partial charge < -0.3 is 10.1 Å². The Hall–Kier alpha value is -1.96. The molecule has 1 rings (SSSR count). The van der Waals surface area contributed by atoms with Gasteiger partial charge in [0.2, 0.25) is 5.91 Å². The van der Waals surface area contributed by atoms with Crippen molar-refractivity contribution < 1.29 is 19.2 Å². The second-order valence-corrected chi connectivity index (χ2v) is 6.40. The minimum atomic E-state index is -0.762. The van der Waals surface area contributed by atoms with Crippen LogP contribution >= 0.6 is 15.9 Å². The third kappa shape index (κ3) is 5.97. The van der Waals surface area contributed by atoms with Crippen molar-refractivity contribution in [1.29, 1.82) is 0 Å². The van der Waals surface area contributed by atoms with Crippen molar-refractivity contribution in [2.75, 3.05) is 7.11 Å². The number of esters is 1. The Bertz CT molecular complexity index is 604. The molecular weight excluding hydrogens is 368 g/mol. The van der Waals surface area contributed by atoms with E-state index in [2.05, 4.69) is 26.0 Å². The lowest BCUT2D eigenvalue weighted by molar-refractivity contribution is -0.385. The van der Waals surface area contributed by atoms with E-state index >= 15 is 0 Å². The first-order valence-electron chi connectivity index (χ1n) is 7.04. The van der Waals surface area contributed by atoms with Crippen LogP contribution < -0.4 is 5.32 Å². The lowest BCUT2D eigenvalue weighted by Crippen LogP contribution is -2.43. The third-order valence-electron chi connectivity index (χ3n) is 3.12. The minimum absolute atomic E-state index is 0.145. The van der Waals surface area contributed by atoms with Crippen LogP contribution in [0.2, 0.25) is 0 Å². The molecule has 0 fully saturated rings. The van der Waals surface area contributed by atoms with Crippen molar-refractivity contribution in [1.82, 2.24) is 5.32 Å². The fourth-order valence-electron chi connectivity index (χ4n) is 2.10. The van der Waals surface area contributed by atoms with Gasteiger partial charge in [-0.3, -0.25) is 14.9 Å². The molecule has 0 saturated carbocycles. The number of amides is 1. The zero-order valence-corrected chi connectivity index (χ0v) is 14.8. The SMILES string of the molecule is COC(=O)[C@H](CC(C)C)NC(=O)Cc1ccc(Br)cc1[N+](=O)[O-]. The van der Waals surface area contributed by atoms with Crippen molar-refractivity contribution in [2.24, 2.45) is 5.92 Å². The molecule has 23 heavy (non-hydrogen) atoms. The second-order valence-electron chi connectivity index (χ2n) is 5.48. The fraction of sp³-hybridized carbons (Fsp3) is 0.467. The van der Waals surface area contributed by atoms with Crippen LogP contribution in [0.1, 0.15) is 25.8 Å². The average molecular weight is 387 g/mol. The van der Waals surface area contributed by atoms with Gasteiger partial charge in [-0.15, -0.1) is 0 Å². The summed E-state index contributed by atoms with van der Waals surface area (Å²) in [7, 11) is 1.25. The number of nitro groups is 1. The number of carbonyl (C=O) groups excluding carboxylic acids is 2. The van der Waals surface area contributed by atoms with Gasteiger partial charge in [-0.05, 0) is 18.4 Å². The molecule has 1 atom stereocenters. The lowest BCUT2D eigenvalue weighted by Gasteiger charge is -2.18. The molecule has 1 amide bonds. The number of nitro benzene ring substituents is 1. The van der Waals surface area contributed by atoms with Crippen LogP contribution in [0, 0.1) is 16.0 Å². The molecular formula is C15H19BrN2O5.